The number of ether oxygens (including phenoxy) is 1. The first-order valence-corrected chi connectivity index (χ1v) is 4.05. The number of carbonyl (C=O) groups excluding carboxylic acids is 1. The van der Waals surface area contributed by atoms with E-state index in [4.69, 9.17) is 10.00 Å². The van der Waals surface area contributed by atoms with Gasteiger partial charge in [0.05, 0.1) is 17.7 Å². The third-order valence-corrected chi connectivity index (χ3v) is 1.60. The minimum absolute atomic E-state index is 0.157. The summed E-state index contributed by atoms with van der Waals surface area (Å²) in [5, 5.41) is 8.51. The molecule has 0 saturated carbocycles. The summed E-state index contributed by atoms with van der Waals surface area (Å²) in [6, 6.07) is 5.18. The molecule has 0 amide bonds. The summed E-state index contributed by atoms with van der Waals surface area (Å²) in [6.45, 7) is 1.92. The average Bonchev–Trinajstić information content (AvgIpc) is 2.19. The fourth-order valence-electron chi connectivity index (χ4n) is 0.952. The van der Waals surface area contributed by atoms with Crippen molar-refractivity contribution in [3.8, 4) is 6.07 Å². The predicted molar refractivity (Wildman–Crippen MR) is 47.1 cm³/mol. The monoisotopic (exact) mass is 193 g/mol. The van der Waals surface area contributed by atoms with Crippen LogP contribution >= 0.6 is 0 Å². The molecule has 0 bridgehead atoms. The number of halogens is 1. The van der Waals surface area contributed by atoms with Gasteiger partial charge in [-0.15, -0.1) is 0 Å². The molecule has 1 rings (SSSR count). The molecule has 0 aliphatic carbocycles. The van der Waals surface area contributed by atoms with E-state index in [-0.39, 0.29) is 17.7 Å². The zero-order valence-corrected chi connectivity index (χ0v) is 7.58. The summed E-state index contributed by atoms with van der Waals surface area (Å²) >= 11 is 0. The largest absolute Gasteiger partial charge is 0.462 e. The standard InChI is InChI=1S/C10H8FNO2/c1-2-14-10(13)7-3-4-9(11)8(5-7)6-12/h3-5H,2H2,1H3. The van der Waals surface area contributed by atoms with Crippen molar-refractivity contribution in [1.29, 1.82) is 5.26 Å². The lowest BCUT2D eigenvalue weighted by Gasteiger charge is -2.01. The molecule has 0 radical (unpaired) electrons. The molecule has 0 aromatic heterocycles. The van der Waals surface area contributed by atoms with E-state index in [1.54, 1.807) is 13.0 Å². The van der Waals surface area contributed by atoms with Crippen molar-refractivity contribution < 1.29 is 13.9 Å². The Morgan fingerprint density at radius 2 is 2.36 bits per heavy atom. The lowest BCUT2D eigenvalue weighted by atomic mass is 10.1. The van der Waals surface area contributed by atoms with Crippen molar-refractivity contribution in [3.63, 3.8) is 0 Å². The first-order chi connectivity index (χ1) is 6.69. The molecule has 0 atom stereocenters. The van der Waals surface area contributed by atoms with Crippen molar-refractivity contribution in [2.45, 2.75) is 6.92 Å². The lowest BCUT2D eigenvalue weighted by molar-refractivity contribution is 0.0526. The molecule has 0 spiro atoms. The Bertz CT molecular complexity index is 396. The van der Waals surface area contributed by atoms with Crippen LogP contribution in [0, 0.1) is 17.1 Å². The number of rotatable bonds is 2. The van der Waals surface area contributed by atoms with E-state index < -0.39 is 11.8 Å². The van der Waals surface area contributed by atoms with Crippen molar-refractivity contribution >= 4 is 5.97 Å². The maximum Gasteiger partial charge on any atom is 0.338 e. The number of nitriles is 1. The summed E-state index contributed by atoms with van der Waals surface area (Å²) < 4.78 is 17.5. The summed E-state index contributed by atoms with van der Waals surface area (Å²) in [5.41, 5.74) is 0.0281. The van der Waals surface area contributed by atoms with Gasteiger partial charge in [0.15, 0.2) is 0 Å². The van der Waals surface area contributed by atoms with Crippen LogP contribution < -0.4 is 0 Å². The second-order valence-corrected chi connectivity index (χ2v) is 2.53. The van der Waals surface area contributed by atoms with Crippen molar-refractivity contribution in [2.24, 2.45) is 0 Å². The van der Waals surface area contributed by atoms with E-state index in [1.165, 1.54) is 12.1 Å². The fourth-order valence-corrected chi connectivity index (χ4v) is 0.952. The number of hydrogen-bond donors (Lipinski definition) is 0. The highest BCUT2D eigenvalue weighted by Gasteiger charge is 2.09. The molecule has 1 aromatic rings. The van der Waals surface area contributed by atoms with Gasteiger partial charge in [0, 0.05) is 0 Å². The highest BCUT2D eigenvalue weighted by Crippen LogP contribution is 2.10. The van der Waals surface area contributed by atoms with Crippen LogP contribution in [0.5, 0.6) is 0 Å². The van der Waals surface area contributed by atoms with Gasteiger partial charge in [0.1, 0.15) is 11.9 Å². The van der Waals surface area contributed by atoms with E-state index in [0.29, 0.717) is 0 Å². The number of benzene rings is 1. The van der Waals surface area contributed by atoms with E-state index in [2.05, 4.69) is 0 Å². The molecule has 0 N–H and O–H groups in total. The first kappa shape index (κ1) is 10.2. The SMILES string of the molecule is CCOC(=O)c1ccc(F)c(C#N)c1. The van der Waals surface area contributed by atoms with E-state index >= 15 is 0 Å². The molecule has 0 fully saturated rings. The summed E-state index contributed by atoms with van der Waals surface area (Å²) in [4.78, 5) is 11.2. The molecule has 0 aliphatic rings. The molecule has 0 aliphatic heterocycles. The summed E-state index contributed by atoms with van der Waals surface area (Å²) in [7, 11) is 0. The Kier molecular flexibility index (Phi) is 3.19. The molecule has 0 unspecified atom stereocenters. The fraction of sp³-hybridized carbons (Fsp3) is 0.200. The Balaban J connectivity index is 3.02. The third-order valence-electron chi connectivity index (χ3n) is 1.60. The minimum Gasteiger partial charge on any atom is -0.462 e. The van der Waals surface area contributed by atoms with Crippen LogP contribution in [0.15, 0.2) is 18.2 Å². The molecule has 3 nitrogen and oxygen atoms in total. The number of nitrogens with zero attached hydrogens (tertiary/aromatic N) is 1. The highest BCUT2D eigenvalue weighted by molar-refractivity contribution is 5.89. The van der Waals surface area contributed by atoms with Gasteiger partial charge in [0.2, 0.25) is 0 Å². The van der Waals surface area contributed by atoms with Crippen molar-refractivity contribution in [1.82, 2.24) is 0 Å². The zero-order chi connectivity index (χ0) is 10.6. The first-order valence-electron chi connectivity index (χ1n) is 4.05. The van der Waals surface area contributed by atoms with Crippen molar-refractivity contribution in [3.05, 3.63) is 35.1 Å². The van der Waals surface area contributed by atoms with Gasteiger partial charge < -0.3 is 4.74 Å². The van der Waals surface area contributed by atoms with Gasteiger partial charge >= 0.3 is 5.97 Å². The smallest absolute Gasteiger partial charge is 0.338 e. The van der Waals surface area contributed by atoms with Gasteiger partial charge in [-0.25, -0.2) is 9.18 Å². The number of esters is 1. The maximum absolute atomic E-state index is 12.8. The highest BCUT2D eigenvalue weighted by atomic mass is 19.1. The molecule has 4 heteroatoms. The second kappa shape index (κ2) is 4.38. The second-order valence-electron chi connectivity index (χ2n) is 2.53. The van der Waals surface area contributed by atoms with Crippen LogP contribution in [0.1, 0.15) is 22.8 Å². The van der Waals surface area contributed by atoms with E-state index in [9.17, 15) is 9.18 Å². The lowest BCUT2D eigenvalue weighted by Crippen LogP contribution is -2.05. The molecule has 1 aromatic carbocycles. The quantitative estimate of drug-likeness (QED) is 0.673. The van der Waals surface area contributed by atoms with Crippen LogP contribution in [0.4, 0.5) is 4.39 Å². The van der Waals surface area contributed by atoms with Gasteiger partial charge in [-0.2, -0.15) is 5.26 Å². The van der Waals surface area contributed by atoms with E-state index in [0.717, 1.165) is 6.07 Å². The van der Waals surface area contributed by atoms with Crippen LogP contribution in [0.3, 0.4) is 0 Å². The Morgan fingerprint density at radius 1 is 1.64 bits per heavy atom. The predicted octanol–water partition coefficient (Wildman–Crippen LogP) is 1.87. The van der Waals surface area contributed by atoms with E-state index in [1.807, 2.05) is 0 Å². The Hall–Kier alpha value is -1.89. The molecule has 0 heterocycles. The molecule has 72 valence electrons. The summed E-state index contributed by atoms with van der Waals surface area (Å²) in [5.74, 6) is -1.19. The normalized spacial score (nSPS) is 9.21. The zero-order valence-electron chi connectivity index (χ0n) is 7.58. The van der Waals surface area contributed by atoms with Crippen LogP contribution in [0.25, 0.3) is 0 Å². The van der Waals surface area contributed by atoms with Crippen molar-refractivity contribution in [2.75, 3.05) is 6.61 Å². The average molecular weight is 193 g/mol. The molecular weight excluding hydrogens is 185 g/mol. The van der Waals surface area contributed by atoms with Crippen LogP contribution in [-0.2, 0) is 4.74 Å². The topological polar surface area (TPSA) is 50.1 Å². The molecular formula is C10H8FNO2. The maximum atomic E-state index is 12.8. The van der Waals surface area contributed by atoms with Gasteiger partial charge in [0.25, 0.3) is 0 Å². The summed E-state index contributed by atoms with van der Waals surface area (Å²) in [6.07, 6.45) is 0. The Labute approximate surface area is 80.7 Å². The minimum atomic E-state index is -0.638. The van der Waals surface area contributed by atoms with Gasteiger partial charge in [-0.1, -0.05) is 0 Å². The Morgan fingerprint density at radius 3 is 2.93 bits per heavy atom. The van der Waals surface area contributed by atoms with Gasteiger partial charge in [-0.05, 0) is 25.1 Å². The number of hydrogen-bond acceptors (Lipinski definition) is 3. The van der Waals surface area contributed by atoms with Crippen LogP contribution in [-0.4, -0.2) is 12.6 Å². The molecule has 14 heavy (non-hydrogen) atoms. The van der Waals surface area contributed by atoms with Gasteiger partial charge in [-0.3, -0.25) is 0 Å². The molecule has 0 saturated heterocycles. The van der Waals surface area contributed by atoms with Crippen LogP contribution in [0.2, 0.25) is 0 Å². The third kappa shape index (κ3) is 2.07. The number of carbonyl (C=O) groups is 1.